The largest absolute Gasteiger partial charge is 0.298 e. The minimum absolute atomic E-state index is 0.159. The molecular weight excluding hydrogens is 189 g/mol. The van der Waals surface area contributed by atoms with E-state index in [4.69, 9.17) is 7.85 Å². The van der Waals surface area contributed by atoms with Crippen LogP contribution in [-0.2, 0) is 20.2 Å². The Bertz CT molecular complexity index is 210. The Morgan fingerprint density at radius 3 is 2.31 bits per heavy atom. The maximum absolute atomic E-state index is 11.3. The lowest BCUT2D eigenvalue weighted by atomic mass is 9.83. The molecule has 3 atom stereocenters. The average molecular weight is 203 g/mol. The molecular formula is C7H14BNO3S. The van der Waals surface area contributed by atoms with Crippen molar-refractivity contribution in [1.82, 2.24) is 4.31 Å². The van der Waals surface area contributed by atoms with Gasteiger partial charge in [0.15, 0.2) is 0 Å². The number of carbonyl (C=O) groups excluding carboxylic acids is 1. The van der Waals surface area contributed by atoms with Crippen LogP contribution >= 0.6 is 0 Å². The molecule has 0 aliphatic heterocycles. The molecule has 0 fully saturated rings. The van der Waals surface area contributed by atoms with Crippen LogP contribution in [0.2, 0.25) is 5.82 Å². The van der Waals surface area contributed by atoms with Gasteiger partial charge in [0.05, 0.1) is 21.0 Å². The standard InChI is InChI=1S/C7H14BNO3S/c1-5(8)7(10)6(2)9(3)13(11)12-4/h5-6H,1-4H3. The molecule has 0 heterocycles. The Morgan fingerprint density at radius 1 is 1.54 bits per heavy atom. The van der Waals surface area contributed by atoms with Gasteiger partial charge in [0.2, 0.25) is 11.3 Å². The van der Waals surface area contributed by atoms with E-state index in [0.29, 0.717) is 0 Å². The smallest absolute Gasteiger partial charge is 0.237 e. The number of nitrogens with zero attached hydrogens (tertiary/aromatic N) is 1. The number of hydrogen-bond donors (Lipinski definition) is 0. The molecule has 0 aromatic heterocycles. The SMILES string of the molecule is [B]C(C)C(=O)C(C)N(C)S(=O)OC. The maximum atomic E-state index is 11.3. The average Bonchev–Trinajstić information content (AvgIpc) is 2.12. The van der Waals surface area contributed by atoms with Crippen molar-refractivity contribution in [3.05, 3.63) is 0 Å². The van der Waals surface area contributed by atoms with Crippen LogP contribution in [0.5, 0.6) is 0 Å². The van der Waals surface area contributed by atoms with Crippen LogP contribution in [0.1, 0.15) is 13.8 Å². The van der Waals surface area contributed by atoms with Gasteiger partial charge in [0.25, 0.3) is 0 Å². The predicted molar refractivity (Wildman–Crippen MR) is 52.6 cm³/mol. The fourth-order valence-corrected chi connectivity index (χ4v) is 1.40. The van der Waals surface area contributed by atoms with Crippen molar-refractivity contribution >= 4 is 24.9 Å². The van der Waals surface area contributed by atoms with E-state index in [1.165, 1.54) is 11.4 Å². The molecule has 13 heavy (non-hydrogen) atoms. The molecule has 0 aromatic rings. The molecule has 0 saturated carbocycles. The molecule has 74 valence electrons. The van der Waals surface area contributed by atoms with E-state index >= 15 is 0 Å². The Morgan fingerprint density at radius 2 is 2.00 bits per heavy atom. The van der Waals surface area contributed by atoms with Gasteiger partial charge >= 0.3 is 0 Å². The van der Waals surface area contributed by atoms with Crippen LogP contribution < -0.4 is 0 Å². The van der Waals surface area contributed by atoms with E-state index in [0.717, 1.165) is 0 Å². The molecule has 6 heteroatoms. The molecule has 0 amide bonds. The molecule has 0 rings (SSSR count). The second kappa shape index (κ2) is 5.52. The summed E-state index contributed by atoms with van der Waals surface area (Å²) in [4.78, 5) is 11.3. The summed E-state index contributed by atoms with van der Waals surface area (Å²) in [6, 6.07) is -0.499. The highest BCUT2D eigenvalue weighted by atomic mass is 32.2. The van der Waals surface area contributed by atoms with Crippen LogP contribution in [0.25, 0.3) is 0 Å². The first-order valence-corrected chi connectivity index (χ1v) is 4.93. The third kappa shape index (κ3) is 3.58. The van der Waals surface area contributed by atoms with Crippen LogP contribution in [0.4, 0.5) is 0 Å². The van der Waals surface area contributed by atoms with Crippen molar-refractivity contribution in [3.63, 3.8) is 0 Å². The first-order chi connectivity index (χ1) is 5.91. The number of likely N-dealkylation sites (N-methyl/N-ethyl adjacent to an activating group) is 1. The highest BCUT2D eigenvalue weighted by molar-refractivity contribution is 7.77. The van der Waals surface area contributed by atoms with Gasteiger partial charge in [-0.05, 0) is 12.7 Å². The first kappa shape index (κ1) is 12.8. The topological polar surface area (TPSA) is 46.6 Å². The minimum atomic E-state index is -1.58. The van der Waals surface area contributed by atoms with Crippen molar-refractivity contribution in [2.24, 2.45) is 0 Å². The Kier molecular flexibility index (Phi) is 5.43. The highest BCUT2D eigenvalue weighted by Crippen LogP contribution is 2.09. The summed E-state index contributed by atoms with van der Waals surface area (Å²) in [5.74, 6) is -0.709. The Balaban J connectivity index is 4.33. The normalized spacial score (nSPS) is 18.2. The zero-order valence-electron chi connectivity index (χ0n) is 8.31. The van der Waals surface area contributed by atoms with E-state index in [2.05, 4.69) is 4.18 Å². The van der Waals surface area contributed by atoms with Crippen molar-refractivity contribution in [1.29, 1.82) is 0 Å². The number of Topliss-reactive ketones (excluding diaryl/α,β-unsaturated/α-hetero) is 1. The van der Waals surface area contributed by atoms with Crippen LogP contribution in [0, 0.1) is 0 Å². The maximum Gasteiger partial charge on any atom is 0.237 e. The number of rotatable bonds is 5. The van der Waals surface area contributed by atoms with E-state index < -0.39 is 23.1 Å². The van der Waals surface area contributed by atoms with E-state index in [1.807, 2.05) is 0 Å². The third-order valence-corrected chi connectivity index (χ3v) is 2.86. The second-order valence-electron chi connectivity index (χ2n) is 2.80. The molecule has 0 N–H and O–H groups in total. The summed E-state index contributed by atoms with van der Waals surface area (Å²) < 4.78 is 17.0. The van der Waals surface area contributed by atoms with Gasteiger partial charge in [-0.2, -0.15) is 4.31 Å². The lowest BCUT2D eigenvalue weighted by molar-refractivity contribution is -0.121. The lowest BCUT2D eigenvalue weighted by Crippen LogP contribution is -2.38. The molecule has 0 aromatic carbocycles. The van der Waals surface area contributed by atoms with Gasteiger partial charge in [-0.15, -0.1) is 0 Å². The second-order valence-corrected chi connectivity index (χ2v) is 4.14. The van der Waals surface area contributed by atoms with Crippen molar-refractivity contribution in [3.8, 4) is 0 Å². The molecule has 3 unspecified atom stereocenters. The zero-order valence-corrected chi connectivity index (χ0v) is 9.13. The van der Waals surface area contributed by atoms with Crippen LogP contribution in [0.15, 0.2) is 0 Å². The minimum Gasteiger partial charge on any atom is -0.298 e. The molecule has 0 aliphatic rings. The fraction of sp³-hybridized carbons (Fsp3) is 0.857. The Labute approximate surface area is 82.8 Å². The zero-order chi connectivity index (χ0) is 10.6. The highest BCUT2D eigenvalue weighted by Gasteiger charge is 2.23. The molecule has 0 spiro atoms. The third-order valence-electron chi connectivity index (χ3n) is 1.78. The van der Waals surface area contributed by atoms with Gasteiger partial charge in [-0.3, -0.25) is 8.98 Å². The van der Waals surface area contributed by atoms with E-state index in [-0.39, 0.29) is 5.78 Å². The summed E-state index contributed by atoms with van der Waals surface area (Å²) in [5, 5.41) is 0. The molecule has 2 radical (unpaired) electrons. The van der Waals surface area contributed by atoms with E-state index in [9.17, 15) is 9.00 Å². The summed E-state index contributed by atoms with van der Waals surface area (Å²) in [6.07, 6.45) is 0. The monoisotopic (exact) mass is 203 g/mol. The van der Waals surface area contributed by atoms with Crippen LogP contribution in [-0.4, -0.2) is 42.3 Å². The lowest BCUT2D eigenvalue weighted by Gasteiger charge is -2.22. The quantitative estimate of drug-likeness (QED) is 0.594. The summed E-state index contributed by atoms with van der Waals surface area (Å²) in [7, 11) is 8.26. The van der Waals surface area contributed by atoms with Crippen molar-refractivity contribution in [2.45, 2.75) is 25.7 Å². The van der Waals surface area contributed by atoms with Gasteiger partial charge in [-0.25, -0.2) is 4.21 Å². The number of ketones is 1. The number of hydrogen-bond acceptors (Lipinski definition) is 3. The number of carbonyl (C=O) groups is 1. The molecule has 0 saturated heterocycles. The Hall–Kier alpha value is -0.195. The summed E-state index contributed by atoms with van der Waals surface area (Å²) in [6.45, 7) is 3.24. The van der Waals surface area contributed by atoms with Crippen molar-refractivity contribution in [2.75, 3.05) is 14.2 Å². The molecule has 4 nitrogen and oxygen atoms in total. The van der Waals surface area contributed by atoms with Crippen LogP contribution in [0.3, 0.4) is 0 Å². The molecule has 0 aliphatic carbocycles. The van der Waals surface area contributed by atoms with Crippen molar-refractivity contribution < 1.29 is 13.2 Å². The van der Waals surface area contributed by atoms with Gasteiger partial charge in [0, 0.05) is 7.05 Å². The first-order valence-electron chi connectivity index (χ1n) is 3.90. The van der Waals surface area contributed by atoms with E-state index in [1.54, 1.807) is 20.9 Å². The van der Waals surface area contributed by atoms with Gasteiger partial charge in [-0.1, -0.05) is 6.92 Å². The summed E-state index contributed by atoms with van der Waals surface area (Å²) >= 11 is -1.58. The summed E-state index contributed by atoms with van der Waals surface area (Å²) in [5.41, 5.74) is 0. The van der Waals surface area contributed by atoms with Gasteiger partial charge in [0.1, 0.15) is 5.78 Å². The fourth-order valence-electron chi connectivity index (χ4n) is 0.806. The van der Waals surface area contributed by atoms with Gasteiger partial charge < -0.3 is 0 Å². The molecule has 0 bridgehead atoms. The predicted octanol–water partition coefficient (Wildman–Crippen LogP) is 0.0778.